The van der Waals surface area contributed by atoms with E-state index in [1.165, 1.54) is 30.3 Å². The molecule has 6 unspecified atom stereocenters. The summed E-state index contributed by atoms with van der Waals surface area (Å²) < 4.78 is 19.4. The fourth-order valence-electron chi connectivity index (χ4n) is 7.43. The Morgan fingerprint density at radius 1 is 1.04 bits per heavy atom. The molecule has 2 saturated heterocycles. The van der Waals surface area contributed by atoms with Gasteiger partial charge in [0.2, 0.25) is 11.8 Å². The highest BCUT2D eigenvalue weighted by molar-refractivity contribution is 6.58. The van der Waals surface area contributed by atoms with Gasteiger partial charge < -0.3 is 14.9 Å². The molecule has 4 aliphatic rings. The van der Waals surface area contributed by atoms with Crippen LogP contribution >= 0.6 is 23.2 Å². The molecule has 2 aliphatic heterocycles. The molecule has 0 spiro atoms. The molecule has 0 radical (unpaired) electrons. The third-order valence-electron chi connectivity index (χ3n) is 9.38. The number of likely N-dealkylation sites (tertiary alicyclic amines) is 1. The molecule has 13 heteroatoms. The van der Waals surface area contributed by atoms with Crippen molar-refractivity contribution in [1.82, 2.24) is 4.90 Å². The number of ether oxygens (including phenoxy) is 1. The molecule has 2 aliphatic carbocycles. The van der Waals surface area contributed by atoms with Gasteiger partial charge in [-0.05, 0) is 74.1 Å². The minimum Gasteiger partial charge on any atom is -0.504 e. The van der Waals surface area contributed by atoms with Gasteiger partial charge in [-0.25, -0.2) is 9.29 Å². The van der Waals surface area contributed by atoms with Crippen LogP contribution in [0.5, 0.6) is 11.5 Å². The van der Waals surface area contributed by atoms with Crippen molar-refractivity contribution in [3.8, 4) is 11.5 Å². The molecule has 4 amide bonds. The number of allylic oxidation sites excluding steroid dienone is 2. The minimum absolute atomic E-state index is 0.0619. The summed E-state index contributed by atoms with van der Waals surface area (Å²) in [5, 5.41) is 19.5. The number of alkyl halides is 2. The summed E-state index contributed by atoms with van der Waals surface area (Å²) in [6.07, 6.45) is 1.53. The van der Waals surface area contributed by atoms with Crippen LogP contribution in [-0.2, 0) is 24.0 Å². The lowest BCUT2D eigenvalue weighted by molar-refractivity contribution is -0.142. The van der Waals surface area contributed by atoms with Crippen molar-refractivity contribution in [2.45, 2.75) is 48.3 Å². The van der Waals surface area contributed by atoms with Gasteiger partial charge in [0.25, 0.3) is 11.8 Å². The second kappa shape index (κ2) is 11.1. The van der Waals surface area contributed by atoms with Gasteiger partial charge in [-0.3, -0.25) is 28.9 Å². The van der Waals surface area contributed by atoms with E-state index in [1.807, 2.05) is 0 Å². The molecule has 2 N–H and O–H groups in total. The number of hydrogen-bond acceptors (Lipinski definition) is 7. The first kappa shape index (κ1) is 31.0. The highest BCUT2D eigenvalue weighted by atomic mass is 35.5. The van der Waals surface area contributed by atoms with E-state index < -0.39 is 68.8 Å². The number of carboxylic acids is 1. The SMILES string of the molecule is CCOc1cc(C2C3=CCC4C(=O)N(CCCC(=O)O)C(=O)C4C3CC3(Cl)C(=O)N(c4ccc(F)cc4)C(=O)C23Cl)ccc1O. The van der Waals surface area contributed by atoms with E-state index in [0.29, 0.717) is 11.1 Å². The summed E-state index contributed by atoms with van der Waals surface area (Å²) in [4.78, 5) is 64.7. The summed E-state index contributed by atoms with van der Waals surface area (Å²) in [6, 6.07) is 9.15. The zero-order valence-corrected chi connectivity index (χ0v) is 25.6. The van der Waals surface area contributed by atoms with Gasteiger partial charge in [0.1, 0.15) is 5.82 Å². The maximum atomic E-state index is 14.4. The molecule has 1 saturated carbocycles. The lowest BCUT2D eigenvalue weighted by Gasteiger charge is -2.50. The van der Waals surface area contributed by atoms with E-state index in [4.69, 9.17) is 33.0 Å². The largest absolute Gasteiger partial charge is 0.504 e. The average molecular weight is 659 g/mol. The van der Waals surface area contributed by atoms with Gasteiger partial charge in [0.15, 0.2) is 21.2 Å². The number of carbonyl (C=O) groups is 5. The molecular formula is C32H29Cl2FN2O8. The molecule has 3 fully saturated rings. The van der Waals surface area contributed by atoms with Gasteiger partial charge in [0, 0.05) is 18.9 Å². The lowest BCUT2D eigenvalue weighted by Crippen LogP contribution is -2.60. The number of fused-ring (bicyclic) bond motifs is 4. The standard InChI is InChI=1S/C32H29Cl2FN2O8/c1-2-45-23-14-16(5-12-22(23)38)26-19-10-11-20-25(28(42)36(27(20)41)13-3-4-24(39)40)21(19)15-31(33)29(43)37(30(44)32(26,31)34)18-8-6-17(35)7-9-18/h5-10,12,14,20-21,25-26,38H,2-4,11,13,15H2,1H3,(H,39,40). The Bertz CT molecular complexity index is 1660. The van der Waals surface area contributed by atoms with E-state index in [9.17, 15) is 33.5 Å². The van der Waals surface area contributed by atoms with Crippen molar-refractivity contribution in [2.75, 3.05) is 18.1 Å². The quantitative estimate of drug-likeness (QED) is 0.242. The number of hydrogen-bond donors (Lipinski definition) is 2. The van der Waals surface area contributed by atoms with Crippen molar-refractivity contribution >= 4 is 58.5 Å². The Balaban J connectivity index is 1.49. The molecule has 236 valence electrons. The molecule has 45 heavy (non-hydrogen) atoms. The fraction of sp³-hybridized carbons (Fsp3) is 0.406. The highest BCUT2D eigenvalue weighted by Crippen LogP contribution is 2.66. The Morgan fingerprint density at radius 2 is 1.76 bits per heavy atom. The van der Waals surface area contributed by atoms with Crippen LogP contribution in [0.2, 0.25) is 0 Å². The summed E-state index contributed by atoms with van der Waals surface area (Å²) in [7, 11) is 0. The number of rotatable bonds is 8. The minimum atomic E-state index is -2.12. The number of anilines is 1. The third-order valence-corrected chi connectivity index (χ3v) is 10.8. The molecule has 2 aromatic carbocycles. The number of aliphatic carboxylic acids is 1. The zero-order valence-electron chi connectivity index (χ0n) is 24.0. The normalized spacial score (nSPS) is 30.6. The van der Waals surface area contributed by atoms with Crippen molar-refractivity contribution < 1.29 is 43.3 Å². The van der Waals surface area contributed by atoms with Gasteiger partial charge in [-0.1, -0.05) is 17.7 Å². The van der Waals surface area contributed by atoms with E-state index >= 15 is 0 Å². The average Bonchev–Trinajstić information content (AvgIpc) is 3.32. The van der Waals surface area contributed by atoms with Crippen molar-refractivity contribution in [3.05, 3.63) is 65.5 Å². The summed E-state index contributed by atoms with van der Waals surface area (Å²) in [6.45, 7) is 1.87. The molecular weight excluding hydrogens is 630 g/mol. The van der Waals surface area contributed by atoms with Crippen LogP contribution in [0.1, 0.15) is 44.1 Å². The number of phenolic OH excluding ortho intramolecular Hbond substituents is 1. The maximum Gasteiger partial charge on any atom is 0.303 e. The molecule has 0 aromatic heterocycles. The molecule has 6 rings (SSSR count). The lowest BCUT2D eigenvalue weighted by atomic mass is 9.56. The first-order valence-corrected chi connectivity index (χ1v) is 15.4. The number of carbonyl (C=O) groups excluding carboxylic acids is 4. The van der Waals surface area contributed by atoms with Crippen LogP contribution in [0, 0.1) is 23.6 Å². The first-order chi connectivity index (χ1) is 21.3. The Hall–Kier alpha value is -3.96. The van der Waals surface area contributed by atoms with Crippen LogP contribution in [0.4, 0.5) is 10.1 Å². The van der Waals surface area contributed by atoms with Gasteiger partial charge in [-0.2, -0.15) is 0 Å². The van der Waals surface area contributed by atoms with E-state index in [2.05, 4.69) is 0 Å². The van der Waals surface area contributed by atoms with Crippen LogP contribution in [0.15, 0.2) is 54.1 Å². The number of nitrogens with zero attached hydrogens (tertiary/aromatic N) is 2. The van der Waals surface area contributed by atoms with E-state index in [-0.39, 0.29) is 56.0 Å². The van der Waals surface area contributed by atoms with Crippen LogP contribution < -0.4 is 9.64 Å². The Kier molecular flexibility index (Phi) is 7.68. The van der Waals surface area contributed by atoms with Crippen molar-refractivity contribution in [2.24, 2.45) is 17.8 Å². The number of phenols is 1. The summed E-state index contributed by atoms with van der Waals surface area (Å²) in [5.74, 6) is -7.87. The predicted molar refractivity (Wildman–Crippen MR) is 159 cm³/mol. The Labute approximate surface area is 267 Å². The smallest absolute Gasteiger partial charge is 0.303 e. The van der Waals surface area contributed by atoms with Crippen LogP contribution in [0.3, 0.4) is 0 Å². The second-order valence-corrected chi connectivity index (χ2v) is 13.0. The molecule has 10 nitrogen and oxygen atoms in total. The van der Waals surface area contributed by atoms with Gasteiger partial charge >= 0.3 is 5.97 Å². The van der Waals surface area contributed by atoms with Crippen LogP contribution in [0.25, 0.3) is 0 Å². The predicted octanol–water partition coefficient (Wildman–Crippen LogP) is 4.36. The van der Waals surface area contributed by atoms with Crippen molar-refractivity contribution in [1.29, 1.82) is 0 Å². The monoisotopic (exact) mass is 658 g/mol. The summed E-state index contributed by atoms with van der Waals surface area (Å²) >= 11 is 14.6. The zero-order chi connectivity index (χ0) is 32.4. The summed E-state index contributed by atoms with van der Waals surface area (Å²) in [5.41, 5.74) is 1.00. The van der Waals surface area contributed by atoms with Crippen molar-refractivity contribution in [3.63, 3.8) is 0 Å². The highest BCUT2D eigenvalue weighted by Gasteiger charge is 2.76. The second-order valence-electron chi connectivity index (χ2n) is 11.7. The van der Waals surface area contributed by atoms with E-state index in [0.717, 1.165) is 21.9 Å². The molecule has 2 heterocycles. The molecule has 2 aromatic rings. The van der Waals surface area contributed by atoms with E-state index in [1.54, 1.807) is 13.0 Å². The fourth-order valence-corrected chi connectivity index (χ4v) is 8.36. The Morgan fingerprint density at radius 3 is 2.42 bits per heavy atom. The number of carboxylic acid groups (broad SMARTS) is 1. The topological polar surface area (TPSA) is 142 Å². The number of benzene rings is 2. The number of amides is 4. The third kappa shape index (κ3) is 4.53. The van der Waals surface area contributed by atoms with Crippen LogP contribution in [-0.4, -0.2) is 67.6 Å². The number of halogens is 3. The molecule has 0 bridgehead atoms. The first-order valence-electron chi connectivity index (χ1n) is 14.6. The van der Waals surface area contributed by atoms with Gasteiger partial charge in [0.05, 0.1) is 24.1 Å². The maximum absolute atomic E-state index is 14.4. The number of imide groups is 2. The number of aromatic hydroxyl groups is 1. The van der Waals surface area contributed by atoms with Gasteiger partial charge in [-0.15, -0.1) is 23.2 Å². The molecule has 6 atom stereocenters.